The van der Waals surface area contributed by atoms with Gasteiger partial charge in [0.25, 0.3) is 0 Å². The zero-order chi connectivity index (χ0) is 13.0. The van der Waals surface area contributed by atoms with Crippen LogP contribution in [-0.4, -0.2) is 25.6 Å². The van der Waals surface area contributed by atoms with Crippen molar-refractivity contribution < 1.29 is 4.79 Å². The molecule has 3 nitrogen and oxygen atoms in total. The molecule has 0 aliphatic heterocycles. The van der Waals surface area contributed by atoms with E-state index in [1.807, 2.05) is 13.2 Å². The predicted molar refractivity (Wildman–Crippen MR) is 78.7 cm³/mol. The average molecular weight is 272 g/mol. The SMILES string of the molecule is CCCN(C)c1sc(C(=O)CC)c(N)c1SC. The van der Waals surface area contributed by atoms with Gasteiger partial charge in [0.1, 0.15) is 5.00 Å². The molecule has 5 heteroatoms. The second-order valence-corrected chi connectivity index (χ2v) is 5.70. The molecule has 96 valence electrons. The van der Waals surface area contributed by atoms with E-state index in [1.54, 1.807) is 11.8 Å². The Labute approximate surface area is 111 Å². The van der Waals surface area contributed by atoms with Crippen molar-refractivity contribution in [1.82, 2.24) is 0 Å². The van der Waals surface area contributed by atoms with Gasteiger partial charge in [-0.25, -0.2) is 0 Å². The number of nitrogens with zero attached hydrogens (tertiary/aromatic N) is 1. The van der Waals surface area contributed by atoms with Gasteiger partial charge in [0.15, 0.2) is 5.78 Å². The Morgan fingerprint density at radius 2 is 2.12 bits per heavy atom. The van der Waals surface area contributed by atoms with Crippen molar-refractivity contribution in [3.8, 4) is 0 Å². The second-order valence-electron chi connectivity index (χ2n) is 3.88. The maximum atomic E-state index is 11.8. The fraction of sp³-hybridized carbons (Fsp3) is 0.583. The minimum absolute atomic E-state index is 0.138. The zero-order valence-electron chi connectivity index (χ0n) is 10.9. The van der Waals surface area contributed by atoms with E-state index in [4.69, 9.17) is 5.73 Å². The third-order valence-corrected chi connectivity index (χ3v) is 4.88. The first kappa shape index (κ1) is 14.4. The first-order valence-electron chi connectivity index (χ1n) is 5.77. The highest BCUT2D eigenvalue weighted by Crippen LogP contribution is 2.43. The van der Waals surface area contributed by atoms with Crippen molar-refractivity contribution in [2.24, 2.45) is 0 Å². The molecule has 0 spiro atoms. The molecule has 1 rings (SSSR count). The maximum Gasteiger partial charge on any atom is 0.174 e. The third-order valence-electron chi connectivity index (χ3n) is 2.57. The Morgan fingerprint density at radius 1 is 1.47 bits per heavy atom. The number of nitrogens with two attached hydrogens (primary N) is 1. The van der Waals surface area contributed by atoms with Crippen LogP contribution in [0.15, 0.2) is 4.90 Å². The molecule has 0 radical (unpaired) electrons. The lowest BCUT2D eigenvalue weighted by atomic mass is 10.2. The molecule has 0 aromatic carbocycles. The molecule has 0 aliphatic rings. The van der Waals surface area contributed by atoms with Crippen LogP contribution in [0.4, 0.5) is 10.7 Å². The van der Waals surface area contributed by atoms with E-state index in [-0.39, 0.29) is 5.78 Å². The van der Waals surface area contributed by atoms with Crippen LogP contribution in [0.2, 0.25) is 0 Å². The molecule has 17 heavy (non-hydrogen) atoms. The summed E-state index contributed by atoms with van der Waals surface area (Å²) in [4.78, 5) is 15.7. The van der Waals surface area contributed by atoms with E-state index in [2.05, 4.69) is 18.9 Å². The molecule has 0 saturated carbocycles. The van der Waals surface area contributed by atoms with Gasteiger partial charge in [-0.05, 0) is 12.7 Å². The number of hydrogen-bond donors (Lipinski definition) is 1. The van der Waals surface area contributed by atoms with Crippen LogP contribution in [0.5, 0.6) is 0 Å². The van der Waals surface area contributed by atoms with Gasteiger partial charge in [-0.1, -0.05) is 13.8 Å². The van der Waals surface area contributed by atoms with Gasteiger partial charge in [0.05, 0.1) is 15.5 Å². The molecule has 2 N–H and O–H groups in total. The van der Waals surface area contributed by atoms with Crippen molar-refractivity contribution in [3.05, 3.63) is 4.88 Å². The number of ketones is 1. The minimum atomic E-state index is 0.138. The Hall–Kier alpha value is -0.680. The number of carbonyl (C=O) groups is 1. The van der Waals surface area contributed by atoms with E-state index >= 15 is 0 Å². The summed E-state index contributed by atoms with van der Waals surface area (Å²) in [5, 5.41) is 1.12. The molecular weight excluding hydrogens is 252 g/mol. The normalized spacial score (nSPS) is 10.6. The van der Waals surface area contributed by atoms with Gasteiger partial charge in [-0.2, -0.15) is 0 Å². The molecule has 0 aliphatic carbocycles. The summed E-state index contributed by atoms with van der Waals surface area (Å²) in [7, 11) is 2.05. The summed E-state index contributed by atoms with van der Waals surface area (Å²) >= 11 is 3.14. The molecule has 1 aromatic rings. The molecule has 0 amide bonds. The lowest BCUT2D eigenvalue weighted by Gasteiger charge is -2.17. The van der Waals surface area contributed by atoms with Crippen molar-refractivity contribution in [3.63, 3.8) is 0 Å². The van der Waals surface area contributed by atoms with E-state index in [0.717, 1.165) is 27.7 Å². The van der Waals surface area contributed by atoms with E-state index in [1.165, 1.54) is 11.3 Å². The number of hydrogen-bond acceptors (Lipinski definition) is 5. The van der Waals surface area contributed by atoms with Crippen LogP contribution in [0.1, 0.15) is 36.4 Å². The summed E-state index contributed by atoms with van der Waals surface area (Å²) in [5.74, 6) is 0.138. The van der Waals surface area contributed by atoms with Gasteiger partial charge in [-0.3, -0.25) is 4.79 Å². The standard InChI is InChI=1S/C12H20N2OS2/c1-5-7-14(3)12-11(16-4)9(13)10(17-12)8(15)6-2/h5-7,13H2,1-4H3. The summed E-state index contributed by atoms with van der Waals surface area (Å²) < 4.78 is 0. The van der Waals surface area contributed by atoms with E-state index in [9.17, 15) is 4.79 Å². The van der Waals surface area contributed by atoms with Gasteiger partial charge in [-0.15, -0.1) is 23.1 Å². The fourth-order valence-corrected chi connectivity index (χ4v) is 3.87. The number of anilines is 2. The van der Waals surface area contributed by atoms with Crippen molar-refractivity contribution in [2.45, 2.75) is 31.6 Å². The molecule has 0 saturated heterocycles. The van der Waals surface area contributed by atoms with Crippen LogP contribution >= 0.6 is 23.1 Å². The Morgan fingerprint density at radius 3 is 2.59 bits per heavy atom. The van der Waals surface area contributed by atoms with Crippen molar-refractivity contribution in [1.29, 1.82) is 0 Å². The number of thioether (sulfide) groups is 1. The Bertz CT molecular complexity index is 401. The third kappa shape index (κ3) is 2.96. The van der Waals surface area contributed by atoms with Gasteiger partial charge in [0, 0.05) is 20.0 Å². The summed E-state index contributed by atoms with van der Waals surface area (Å²) in [6.45, 7) is 4.99. The summed E-state index contributed by atoms with van der Waals surface area (Å²) in [6.07, 6.45) is 3.59. The number of Topliss-reactive ketones (excluding diaryl/α,β-unsaturated/α-hetero) is 1. The number of carbonyl (C=O) groups excluding carboxylic acids is 1. The number of nitrogen functional groups attached to an aromatic ring is 1. The first-order valence-corrected chi connectivity index (χ1v) is 7.81. The van der Waals surface area contributed by atoms with Crippen LogP contribution in [0.25, 0.3) is 0 Å². The highest BCUT2D eigenvalue weighted by Gasteiger charge is 2.21. The smallest absolute Gasteiger partial charge is 0.174 e. The fourth-order valence-electron chi connectivity index (χ4n) is 1.67. The Balaban J connectivity index is 3.17. The highest BCUT2D eigenvalue weighted by molar-refractivity contribution is 7.99. The first-order chi connectivity index (χ1) is 8.06. The van der Waals surface area contributed by atoms with E-state index in [0.29, 0.717) is 12.1 Å². The largest absolute Gasteiger partial charge is 0.396 e. The lowest BCUT2D eigenvalue weighted by molar-refractivity contribution is 0.0992. The summed E-state index contributed by atoms with van der Waals surface area (Å²) in [5.41, 5.74) is 6.73. The van der Waals surface area contributed by atoms with Gasteiger partial charge < -0.3 is 10.6 Å². The lowest BCUT2D eigenvalue weighted by Crippen LogP contribution is -2.17. The molecule has 0 atom stereocenters. The zero-order valence-corrected chi connectivity index (χ0v) is 12.5. The predicted octanol–water partition coefficient (Wildman–Crippen LogP) is 3.49. The average Bonchev–Trinajstić information content (AvgIpc) is 2.65. The van der Waals surface area contributed by atoms with Crippen LogP contribution in [-0.2, 0) is 0 Å². The molecule has 0 unspecified atom stereocenters. The molecular formula is C12H20N2OS2. The monoisotopic (exact) mass is 272 g/mol. The molecule has 1 heterocycles. The second kappa shape index (κ2) is 6.31. The summed E-state index contributed by atoms with van der Waals surface area (Å²) in [6, 6.07) is 0. The van der Waals surface area contributed by atoms with Crippen LogP contribution in [0.3, 0.4) is 0 Å². The number of rotatable bonds is 6. The van der Waals surface area contributed by atoms with Crippen molar-refractivity contribution >= 4 is 39.6 Å². The van der Waals surface area contributed by atoms with Crippen LogP contribution in [0, 0.1) is 0 Å². The highest BCUT2D eigenvalue weighted by atomic mass is 32.2. The number of thiophene rings is 1. The molecule has 0 bridgehead atoms. The molecule has 1 aromatic heterocycles. The Kier molecular flexibility index (Phi) is 5.33. The van der Waals surface area contributed by atoms with Crippen molar-refractivity contribution in [2.75, 3.05) is 30.5 Å². The maximum absolute atomic E-state index is 11.8. The van der Waals surface area contributed by atoms with Gasteiger partial charge >= 0.3 is 0 Å². The van der Waals surface area contributed by atoms with Crippen LogP contribution < -0.4 is 10.6 Å². The topological polar surface area (TPSA) is 46.3 Å². The van der Waals surface area contributed by atoms with Gasteiger partial charge in [0.2, 0.25) is 0 Å². The quantitative estimate of drug-likeness (QED) is 0.636. The molecule has 0 fully saturated rings. The minimum Gasteiger partial charge on any atom is -0.396 e. The van der Waals surface area contributed by atoms with E-state index < -0.39 is 0 Å².